The zero-order valence-electron chi connectivity index (χ0n) is 16.9. The first-order chi connectivity index (χ1) is 13.3. The summed E-state index contributed by atoms with van der Waals surface area (Å²) < 4.78 is 5.82. The Hall–Kier alpha value is -1.97. The van der Waals surface area contributed by atoms with Crippen LogP contribution in [0.5, 0.6) is 5.75 Å². The number of ether oxygens (including phenoxy) is 1. The first-order valence-corrected chi connectivity index (χ1v) is 10.7. The molecule has 27 heavy (non-hydrogen) atoms. The van der Waals surface area contributed by atoms with Crippen LogP contribution in [0, 0.1) is 0 Å². The van der Waals surface area contributed by atoms with Gasteiger partial charge in [-0.2, -0.15) is 0 Å². The maximum Gasteiger partial charge on any atom is 0.239 e. The molecule has 0 spiro atoms. The topological polar surface area (TPSA) is 50.4 Å². The molecular formula is C23H36N2O2. The van der Waals surface area contributed by atoms with Gasteiger partial charge in [0.2, 0.25) is 5.91 Å². The number of benzene rings is 1. The van der Waals surface area contributed by atoms with E-state index in [0.29, 0.717) is 6.54 Å². The molecule has 0 bridgehead atoms. The second kappa shape index (κ2) is 13.2. The third-order valence-corrected chi connectivity index (χ3v) is 4.96. The van der Waals surface area contributed by atoms with Gasteiger partial charge < -0.3 is 15.4 Å². The summed E-state index contributed by atoms with van der Waals surface area (Å²) in [4.78, 5) is 12.0. The van der Waals surface area contributed by atoms with Gasteiger partial charge in [-0.25, -0.2) is 0 Å². The number of carbonyl (C=O) groups excluding carboxylic acids is 1. The summed E-state index contributed by atoms with van der Waals surface area (Å²) in [5.74, 6) is 0.897. The zero-order valence-corrected chi connectivity index (χ0v) is 16.9. The van der Waals surface area contributed by atoms with Crippen molar-refractivity contribution in [2.75, 3.05) is 25.0 Å². The molecule has 4 heteroatoms. The first kappa shape index (κ1) is 21.3. The van der Waals surface area contributed by atoms with Crippen LogP contribution in [-0.2, 0) is 4.79 Å². The Bertz CT molecular complexity index is 583. The summed E-state index contributed by atoms with van der Waals surface area (Å²) >= 11 is 0. The standard InChI is InChI=1S/C23H36N2O2/c1-2-3-4-5-9-17-27-22-14-10-13-21(18-22)25-19-23(26)24-16-15-20-11-7-6-8-12-20/h10-11,13-14,18,25H,2-9,12,15-17,19H2,1H3,(H,24,26). The molecule has 2 rings (SSSR count). The summed E-state index contributed by atoms with van der Waals surface area (Å²) in [5.41, 5.74) is 2.41. The number of hydrogen-bond acceptors (Lipinski definition) is 3. The van der Waals surface area contributed by atoms with Crippen LogP contribution in [0.25, 0.3) is 0 Å². The van der Waals surface area contributed by atoms with Gasteiger partial charge >= 0.3 is 0 Å². The van der Waals surface area contributed by atoms with E-state index in [1.165, 1.54) is 56.9 Å². The molecule has 0 heterocycles. The summed E-state index contributed by atoms with van der Waals surface area (Å²) in [6.45, 7) is 4.00. The summed E-state index contributed by atoms with van der Waals surface area (Å²) in [6, 6.07) is 7.86. The van der Waals surface area contributed by atoms with Crippen molar-refractivity contribution < 1.29 is 9.53 Å². The highest BCUT2D eigenvalue weighted by Gasteiger charge is 2.05. The molecular weight excluding hydrogens is 336 g/mol. The van der Waals surface area contributed by atoms with Crippen LogP contribution in [0.3, 0.4) is 0 Å². The number of hydrogen-bond donors (Lipinski definition) is 2. The van der Waals surface area contributed by atoms with E-state index in [4.69, 9.17) is 4.74 Å². The van der Waals surface area contributed by atoms with E-state index in [2.05, 4.69) is 23.6 Å². The average molecular weight is 373 g/mol. The van der Waals surface area contributed by atoms with E-state index in [1.807, 2.05) is 24.3 Å². The van der Waals surface area contributed by atoms with Crippen molar-refractivity contribution in [2.24, 2.45) is 0 Å². The molecule has 0 fully saturated rings. The van der Waals surface area contributed by atoms with E-state index in [9.17, 15) is 4.79 Å². The Morgan fingerprint density at radius 1 is 1.15 bits per heavy atom. The molecule has 1 aliphatic rings. The van der Waals surface area contributed by atoms with Crippen LogP contribution in [0.15, 0.2) is 35.9 Å². The second-order valence-electron chi connectivity index (χ2n) is 7.35. The predicted octanol–water partition coefficient (Wildman–Crippen LogP) is 5.45. The van der Waals surface area contributed by atoms with Crippen molar-refractivity contribution in [1.82, 2.24) is 5.32 Å². The summed E-state index contributed by atoms with van der Waals surface area (Å²) in [5, 5.41) is 6.18. The van der Waals surface area contributed by atoms with E-state index in [1.54, 1.807) is 0 Å². The second-order valence-corrected chi connectivity index (χ2v) is 7.35. The first-order valence-electron chi connectivity index (χ1n) is 10.7. The third kappa shape index (κ3) is 9.50. The largest absolute Gasteiger partial charge is 0.494 e. The number of amides is 1. The number of unbranched alkanes of at least 4 members (excludes halogenated alkanes) is 4. The van der Waals surface area contributed by atoms with E-state index in [0.717, 1.165) is 37.4 Å². The normalized spacial score (nSPS) is 13.7. The lowest BCUT2D eigenvalue weighted by molar-refractivity contribution is -0.119. The van der Waals surface area contributed by atoms with Gasteiger partial charge in [-0.1, -0.05) is 50.3 Å². The molecule has 1 aromatic carbocycles. The Balaban J connectivity index is 1.60. The van der Waals surface area contributed by atoms with Crippen molar-refractivity contribution in [2.45, 2.75) is 71.1 Å². The van der Waals surface area contributed by atoms with Gasteiger partial charge in [-0.3, -0.25) is 4.79 Å². The maximum absolute atomic E-state index is 12.0. The fourth-order valence-corrected chi connectivity index (χ4v) is 3.33. The Kier molecular flexibility index (Phi) is 10.5. The van der Waals surface area contributed by atoms with Gasteiger partial charge in [0.15, 0.2) is 0 Å². The van der Waals surface area contributed by atoms with E-state index < -0.39 is 0 Å². The highest BCUT2D eigenvalue weighted by atomic mass is 16.5. The molecule has 0 radical (unpaired) electrons. The lowest BCUT2D eigenvalue weighted by atomic mass is 9.97. The van der Waals surface area contributed by atoms with Crippen molar-refractivity contribution in [1.29, 1.82) is 0 Å². The van der Waals surface area contributed by atoms with Crippen LogP contribution in [-0.4, -0.2) is 25.6 Å². The smallest absolute Gasteiger partial charge is 0.239 e. The predicted molar refractivity (Wildman–Crippen MR) is 113 cm³/mol. The number of allylic oxidation sites excluding steroid dienone is 1. The van der Waals surface area contributed by atoms with Crippen molar-refractivity contribution in [3.05, 3.63) is 35.9 Å². The van der Waals surface area contributed by atoms with E-state index in [-0.39, 0.29) is 5.91 Å². The van der Waals surface area contributed by atoms with Gasteiger partial charge in [0, 0.05) is 18.3 Å². The van der Waals surface area contributed by atoms with Gasteiger partial charge in [0.1, 0.15) is 5.75 Å². The average Bonchev–Trinajstić information content (AvgIpc) is 2.70. The van der Waals surface area contributed by atoms with Gasteiger partial charge in [-0.15, -0.1) is 0 Å². The lowest BCUT2D eigenvalue weighted by Crippen LogP contribution is -2.30. The number of rotatable bonds is 13. The molecule has 0 saturated carbocycles. The molecule has 0 unspecified atom stereocenters. The minimum absolute atomic E-state index is 0.0358. The van der Waals surface area contributed by atoms with E-state index >= 15 is 0 Å². The molecule has 0 aliphatic heterocycles. The molecule has 1 aliphatic carbocycles. The lowest BCUT2D eigenvalue weighted by Gasteiger charge is -2.13. The van der Waals surface area contributed by atoms with Crippen LogP contribution >= 0.6 is 0 Å². The van der Waals surface area contributed by atoms with Crippen molar-refractivity contribution >= 4 is 11.6 Å². The highest BCUT2D eigenvalue weighted by molar-refractivity contribution is 5.80. The molecule has 1 aromatic rings. The van der Waals surface area contributed by atoms with Crippen molar-refractivity contribution in [3.63, 3.8) is 0 Å². The van der Waals surface area contributed by atoms with Gasteiger partial charge in [0.05, 0.1) is 13.2 Å². The highest BCUT2D eigenvalue weighted by Crippen LogP contribution is 2.19. The quantitative estimate of drug-likeness (QED) is 0.357. The fraction of sp³-hybridized carbons (Fsp3) is 0.609. The van der Waals surface area contributed by atoms with Crippen LogP contribution in [0.4, 0.5) is 5.69 Å². The number of nitrogens with one attached hydrogen (secondary N) is 2. The summed E-state index contributed by atoms with van der Waals surface area (Å²) in [6.07, 6.45) is 14.5. The monoisotopic (exact) mass is 372 g/mol. The Morgan fingerprint density at radius 3 is 2.85 bits per heavy atom. The Labute approximate surface area is 164 Å². The third-order valence-electron chi connectivity index (χ3n) is 4.96. The van der Waals surface area contributed by atoms with Crippen LogP contribution in [0.1, 0.15) is 71.1 Å². The molecule has 4 nitrogen and oxygen atoms in total. The minimum Gasteiger partial charge on any atom is -0.494 e. The molecule has 0 aromatic heterocycles. The molecule has 150 valence electrons. The maximum atomic E-state index is 12.0. The molecule has 0 saturated heterocycles. The summed E-state index contributed by atoms with van der Waals surface area (Å²) in [7, 11) is 0. The zero-order chi connectivity index (χ0) is 19.2. The van der Waals surface area contributed by atoms with Crippen molar-refractivity contribution in [3.8, 4) is 5.75 Å². The van der Waals surface area contributed by atoms with Crippen LogP contribution in [0.2, 0.25) is 0 Å². The molecule has 0 atom stereocenters. The SMILES string of the molecule is CCCCCCCOc1cccc(NCC(=O)NCCC2=CCCCC2)c1. The fourth-order valence-electron chi connectivity index (χ4n) is 3.33. The minimum atomic E-state index is 0.0358. The molecule has 2 N–H and O–H groups in total. The number of carbonyl (C=O) groups is 1. The van der Waals surface area contributed by atoms with Gasteiger partial charge in [-0.05, 0) is 50.7 Å². The van der Waals surface area contributed by atoms with Crippen LogP contribution < -0.4 is 15.4 Å². The number of anilines is 1. The molecule has 1 amide bonds. The Morgan fingerprint density at radius 2 is 2.04 bits per heavy atom. The van der Waals surface area contributed by atoms with Gasteiger partial charge in [0.25, 0.3) is 0 Å².